The second-order valence-electron chi connectivity index (χ2n) is 8.63. The van der Waals surface area contributed by atoms with Crippen LogP contribution in [0.2, 0.25) is 0 Å². The van der Waals surface area contributed by atoms with Crippen molar-refractivity contribution in [3.8, 4) is 11.8 Å². The molecule has 1 amide bonds. The van der Waals surface area contributed by atoms with Crippen LogP contribution in [0.15, 0.2) is 85.5 Å². The molecule has 6 heteroatoms. The number of benzene rings is 3. The van der Waals surface area contributed by atoms with Gasteiger partial charge in [0.15, 0.2) is 0 Å². The highest BCUT2D eigenvalue weighted by molar-refractivity contribution is 6.53. The third-order valence-corrected chi connectivity index (χ3v) is 5.99. The van der Waals surface area contributed by atoms with Crippen LogP contribution in [-0.2, 0) is 19.1 Å². The maximum Gasteiger partial charge on any atom is 0.330 e. The van der Waals surface area contributed by atoms with Gasteiger partial charge in [0.25, 0.3) is 5.91 Å². The molecule has 0 aliphatic rings. The number of amides is 1. The van der Waals surface area contributed by atoms with E-state index in [0.29, 0.717) is 12.8 Å². The summed E-state index contributed by atoms with van der Waals surface area (Å²) in [6.07, 6.45) is 3.58. The Hall–Kier alpha value is -4.76. The average Bonchev–Trinajstić information content (AvgIpc) is 2.95. The van der Waals surface area contributed by atoms with Crippen LogP contribution in [0.3, 0.4) is 0 Å². The second-order valence-corrected chi connectivity index (χ2v) is 8.63. The predicted molar refractivity (Wildman–Crippen MR) is 148 cm³/mol. The van der Waals surface area contributed by atoms with Gasteiger partial charge in [-0.05, 0) is 46.2 Å². The first-order valence-corrected chi connectivity index (χ1v) is 12.2. The van der Waals surface area contributed by atoms with Gasteiger partial charge in [0.1, 0.15) is 0 Å². The zero-order valence-corrected chi connectivity index (χ0v) is 21.5. The molecule has 1 unspecified atom stereocenters. The van der Waals surface area contributed by atoms with Crippen LogP contribution in [0.5, 0.6) is 0 Å². The molecule has 1 atom stereocenters. The van der Waals surface area contributed by atoms with Gasteiger partial charge in [-0.2, -0.15) is 0 Å². The Balaban J connectivity index is 1.65. The largest absolute Gasteiger partial charge is 0.466 e. The van der Waals surface area contributed by atoms with Crippen molar-refractivity contribution in [3.63, 3.8) is 0 Å². The predicted octanol–water partition coefficient (Wildman–Crippen LogP) is 5.04. The molecule has 6 nitrogen and oxygen atoms in total. The number of hydrogen-bond donors (Lipinski definition) is 1. The van der Waals surface area contributed by atoms with E-state index in [4.69, 9.17) is 0 Å². The zero-order valence-electron chi connectivity index (χ0n) is 21.5. The summed E-state index contributed by atoms with van der Waals surface area (Å²) in [6, 6.07) is 20.8. The third kappa shape index (κ3) is 7.14. The smallest absolute Gasteiger partial charge is 0.330 e. The second kappa shape index (κ2) is 13.5. The van der Waals surface area contributed by atoms with Crippen molar-refractivity contribution >= 4 is 39.8 Å². The third-order valence-electron chi connectivity index (χ3n) is 5.99. The monoisotopic (exact) mass is 507 g/mol. The van der Waals surface area contributed by atoms with Gasteiger partial charge in [-0.3, -0.25) is 14.4 Å². The number of ketones is 2. The number of carbonyl (C=O) groups is 4. The lowest BCUT2D eigenvalue weighted by molar-refractivity contribution is -0.134. The number of Topliss-reactive ketones (excluding diaryl/α,β-unsaturated/α-hetero) is 2. The molecule has 3 rings (SSSR count). The maximum absolute atomic E-state index is 12.9. The van der Waals surface area contributed by atoms with E-state index in [-0.39, 0.29) is 29.2 Å². The lowest BCUT2D eigenvalue weighted by Crippen LogP contribution is -2.32. The first kappa shape index (κ1) is 27.8. The molecule has 0 aromatic heterocycles. The number of rotatable bonds is 10. The molecule has 0 saturated heterocycles. The number of ether oxygens (including phenoxy) is 1. The topological polar surface area (TPSA) is 89.5 Å². The van der Waals surface area contributed by atoms with E-state index in [9.17, 15) is 19.2 Å². The molecule has 0 heterocycles. The van der Waals surface area contributed by atoms with E-state index in [0.717, 1.165) is 16.3 Å². The fraction of sp³-hybridized carbons (Fsp3) is 0.188. The van der Waals surface area contributed by atoms with E-state index in [2.05, 4.69) is 59.7 Å². The van der Waals surface area contributed by atoms with Crippen molar-refractivity contribution < 1.29 is 23.9 Å². The normalized spacial score (nSPS) is 11.3. The van der Waals surface area contributed by atoms with Gasteiger partial charge >= 0.3 is 5.97 Å². The average molecular weight is 508 g/mol. The Morgan fingerprint density at radius 1 is 0.974 bits per heavy atom. The van der Waals surface area contributed by atoms with E-state index in [1.165, 1.54) is 19.3 Å². The highest BCUT2D eigenvalue weighted by Gasteiger charge is 2.22. The zero-order chi connectivity index (χ0) is 27.5. The number of fused-ring (bicyclic) bond motifs is 1. The van der Waals surface area contributed by atoms with Crippen LogP contribution in [0.25, 0.3) is 16.3 Å². The summed E-state index contributed by atoms with van der Waals surface area (Å²) >= 11 is 0. The molecule has 38 heavy (non-hydrogen) atoms. The minimum atomic E-state index is -0.848. The molecule has 0 spiro atoms. The lowest BCUT2D eigenvalue weighted by atomic mass is 9.92. The highest BCUT2D eigenvalue weighted by atomic mass is 16.5. The number of methoxy groups -OCH3 is 1. The van der Waals surface area contributed by atoms with Gasteiger partial charge in [-0.15, -0.1) is 0 Å². The minimum Gasteiger partial charge on any atom is -0.466 e. The van der Waals surface area contributed by atoms with Gasteiger partial charge < -0.3 is 10.1 Å². The van der Waals surface area contributed by atoms with Gasteiger partial charge in [0, 0.05) is 30.2 Å². The van der Waals surface area contributed by atoms with Gasteiger partial charge in [-0.25, -0.2) is 4.79 Å². The lowest BCUT2D eigenvalue weighted by Gasteiger charge is -2.12. The SMILES string of the molecule is C=C(C(=O)C(=O)NCC/C=C/C(=O)OC)c1ccccc1C(=O)C#CCC(C)c1cccc2ccccc12. The summed E-state index contributed by atoms with van der Waals surface area (Å²) < 4.78 is 4.48. The fourth-order valence-electron chi connectivity index (χ4n) is 3.94. The van der Waals surface area contributed by atoms with Crippen LogP contribution >= 0.6 is 0 Å². The van der Waals surface area contributed by atoms with Gasteiger partial charge in [0.2, 0.25) is 11.6 Å². The minimum absolute atomic E-state index is 0.0949. The maximum atomic E-state index is 12.9. The van der Waals surface area contributed by atoms with Gasteiger partial charge in [0.05, 0.1) is 7.11 Å². The Kier molecular flexibility index (Phi) is 9.90. The molecule has 0 aliphatic carbocycles. The molecule has 0 bridgehead atoms. The van der Waals surface area contributed by atoms with E-state index >= 15 is 0 Å². The molecule has 0 aliphatic heterocycles. The summed E-state index contributed by atoms with van der Waals surface area (Å²) in [6.45, 7) is 5.97. The summed E-state index contributed by atoms with van der Waals surface area (Å²) in [5.74, 6) is 3.13. The Morgan fingerprint density at radius 2 is 1.66 bits per heavy atom. The molecule has 3 aromatic carbocycles. The summed E-state index contributed by atoms with van der Waals surface area (Å²) in [5.41, 5.74) is 1.54. The van der Waals surface area contributed by atoms with E-state index < -0.39 is 23.4 Å². The Labute approximate surface area is 222 Å². The van der Waals surface area contributed by atoms with Crippen LogP contribution in [0, 0.1) is 11.8 Å². The number of hydrogen-bond acceptors (Lipinski definition) is 5. The molecule has 192 valence electrons. The Morgan fingerprint density at radius 3 is 2.42 bits per heavy atom. The Bertz CT molecular complexity index is 1470. The van der Waals surface area contributed by atoms with E-state index in [1.54, 1.807) is 24.3 Å². The van der Waals surface area contributed by atoms with Crippen LogP contribution in [0.1, 0.15) is 47.2 Å². The van der Waals surface area contributed by atoms with Crippen molar-refractivity contribution in [2.45, 2.75) is 25.7 Å². The molecule has 0 fully saturated rings. The summed E-state index contributed by atoms with van der Waals surface area (Å²) in [5, 5.41) is 4.80. The highest BCUT2D eigenvalue weighted by Crippen LogP contribution is 2.27. The van der Waals surface area contributed by atoms with Crippen molar-refractivity contribution in [1.82, 2.24) is 5.32 Å². The molecular formula is C32H29NO5. The number of carbonyl (C=O) groups excluding carboxylic acids is 4. The van der Waals surface area contributed by atoms with Crippen LogP contribution in [0.4, 0.5) is 0 Å². The van der Waals surface area contributed by atoms with Gasteiger partial charge in [-0.1, -0.05) is 86.2 Å². The first-order valence-electron chi connectivity index (χ1n) is 12.2. The molecule has 0 saturated carbocycles. The van der Waals surface area contributed by atoms with Crippen molar-refractivity contribution in [2.75, 3.05) is 13.7 Å². The fourth-order valence-corrected chi connectivity index (χ4v) is 3.94. The van der Waals surface area contributed by atoms with E-state index in [1.807, 2.05) is 18.2 Å². The van der Waals surface area contributed by atoms with Crippen LogP contribution in [-0.4, -0.2) is 37.1 Å². The summed E-state index contributed by atoms with van der Waals surface area (Å²) in [7, 11) is 1.26. The number of nitrogens with one attached hydrogen (secondary N) is 1. The first-order chi connectivity index (χ1) is 18.3. The van der Waals surface area contributed by atoms with Crippen LogP contribution < -0.4 is 5.32 Å². The quantitative estimate of drug-likeness (QED) is 0.0790. The molecular weight excluding hydrogens is 478 g/mol. The van der Waals surface area contributed by atoms with Crippen molar-refractivity contribution in [1.29, 1.82) is 0 Å². The number of esters is 1. The summed E-state index contributed by atoms with van der Waals surface area (Å²) in [4.78, 5) is 49.0. The molecule has 1 N–H and O–H groups in total. The standard InChI is InChI=1S/C32H29NO5/c1-22(25-18-11-14-24-13-4-5-16-27(24)25)12-10-19-29(34)28-17-7-6-15-26(28)23(2)31(36)32(37)33-21-9-8-20-30(35)38-3/h4-8,11,13-18,20,22H,2,9,12,21H2,1,3H3,(H,33,37)/b20-8+. The molecule has 3 aromatic rings. The molecule has 0 radical (unpaired) electrons. The van der Waals surface area contributed by atoms with Crippen molar-refractivity contribution in [3.05, 3.63) is 102 Å². The van der Waals surface area contributed by atoms with Crippen molar-refractivity contribution in [2.24, 2.45) is 0 Å².